The van der Waals surface area contributed by atoms with Crippen molar-refractivity contribution in [3.05, 3.63) is 0 Å². The van der Waals surface area contributed by atoms with Gasteiger partial charge in [0.25, 0.3) is 0 Å². The number of hydrogen-bond donors (Lipinski definition) is 6. The molecule has 4 atom stereocenters. The minimum absolute atomic E-state index is 0.183. The third-order valence-corrected chi connectivity index (χ3v) is 1.87. The number of aliphatic carboxylic acids is 1. The maximum Gasteiger partial charge on any atom is 0.317 e. The summed E-state index contributed by atoms with van der Waals surface area (Å²) in [5.74, 6) is -1.09. The predicted octanol–water partition coefficient (Wildman–Crippen LogP) is -2.88. The van der Waals surface area contributed by atoms with Crippen LogP contribution in [0.5, 0.6) is 0 Å². The zero-order chi connectivity index (χ0) is 12.0. The van der Waals surface area contributed by atoms with Crippen LogP contribution < -0.4 is 5.32 Å². The molecular weight excluding hydrogens is 206 g/mol. The molecular formula is C8H17NO6. The molecule has 7 nitrogen and oxygen atoms in total. The predicted molar refractivity (Wildman–Crippen MR) is 50.2 cm³/mol. The molecule has 0 spiro atoms. The number of hydrogen-bond acceptors (Lipinski definition) is 6. The van der Waals surface area contributed by atoms with E-state index in [-0.39, 0.29) is 13.1 Å². The van der Waals surface area contributed by atoms with E-state index in [0.29, 0.717) is 0 Å². The lowest BCUT2D eigenvalue weighted by Crippen LogP contribution is -2.47. The van der Waals surface area contributed by atoms with Crippen LogP contribution in [0.4, 0.5) is 0 Å². The maximum absolute atomic E-state index is 10.1. The summed E-state index contributed by atoms with van der Waals surface area (Å²) in [6, 6.07) is 0. The van der Waals surface area contributed by atoms with Gasteiger partial charge in [0.05, 0.1) is 18.8 Å². The zero-order valence-corrected chi connectivity index (χ0v) is 8.37. The van der Waals surface area contributed by atoms with Gasteiger partial charge in [-0.15, -0.1) is 0 Å². The Morgan fingerprint density at radius 1 is 1.20 bits per heavy atom. The standard InChI is InChI=1S/C8H17NO6/c1-4(10)7(14)8(15)5(11)2-9-3-6(12)13/h4-5,7-11,14-15H,2-3H2,1H3,(H,12,13)/t4-,5-,7-,8-/m0/s1. The van der Waals surface area contributed by atoms with E-state index in [1.807, 2.05) is 0 Å². The molecule has 0 aliphatic carbocycles. The van der Waals surface area contributed by atoms with Crippen LogP contribution in [0, 0.1) is 0 Å². The van der Waals surface area contributed by atoms with Crippen molar-refractivity contribution in [2.75, 3.05) is 13.1 Å². The summed E-state index contributed by atoms with van der Waals surface area (Å²) in [7, 11) is 0. The fourth-order valence-corrected chi connectivity index (χ4v) is 0.961. The summed E-state index contributed by atoms with van der Waals surface area (Å²) in [5, 5.41) is 47.3. The Balaban J connectivity index is 3.88. The second kappa shape index (κ2) is 6.70. The Morgan fingerprint density at radius 3 is 2.13 bits per heavy atom. The van der Waals surface area contributed by atoms with Gasteiger partial charge in [-0.3, -0.25) is 4.79 Å². The summed E-state index contributed by atoms with van der Waals surface area (Å²) in [5.41, 5.74) is 0. The van der Waals surface area contributed by atoms with E-state index in [1.165, 1.54) is 6.92 Å². The first kappa shape index (κ1) is 14.3. The average Bonchev–Trinajstić information content (AvgIpc) is 2.14. The first-order valence-electron chi connectivity index (χ1n) is 4.51. The molecule has 0 aromatic carbocycles. The number of aliphatic hydroxyl groups excluding tert-OH is 4. The fraction of sp³-hybridized carbons (Fsp3) is 0.875. The summed E-state index contributed by atoms with van der Waals surface area (Å²) in [4.78, 5) is 10.1. The first-order valence-corrected chi connectivity index (χ1v) is 4.51. The van der Waals surface area contributed by atoms with Crippen molar-refractivity contribution in [2.45, 2.75) is 31.3 Å². The SMILES string of the molecule is C[C@H](O)[C@H](O)[C@@H](O)[C@@H](O)CNCC(=O)O. The Kier molecular flexibility index (Phi) is 6.37. The lowest BCUT2D eigenvalue weighted by molar-refractivity contribution is -0.136. The highest BCUT2D eigenvalue weighted by atomic mass is 16.4. The second-order valence-corrected chi connectivity index (χ2v) is 3.31. The van der Waals surface area contributed by atoms with E-state index in [2.05, 4.69) is 5.32 Å². The monoisotopic (exact) mass is 223 g/mol. The van der Waals surface area contributed by atoms with Crippen molar-refractivity contribution < 1.29 is 30.3 Å². The van der Waals surface area contributed by atoms with Crippen LogP contribution in [-0.4, -0.2) is 69.0 Å². The van der Waals surface area contributed by atoms with E-state index < -0.39 is 30.4 Å². The molecule has 15 heavy (non-hydrogen) atoms. The Labute approximate surface area is 87.0 Å². The second-order valence-electron chi connectivity index (χ2n) is 3.31. The smallest absolute Gasteiger partial charge is 0.317 e. The largest absolute Gasteiger partial charge is 0.480 e. The molecule has 0 aliphatic rings. The lowest BCUT2D eigenvalue weighted by Gasteiger charge is -2.24. The molecule has 90 valence electrons. The molecule has 0 aromatic heterocycles. The summed E-state index contributed by atoms with van der Waals surface area (Å²) >= 11 is 0. The molecule has 0 aliphatic heterocycles. The van der Waals surface area contributed by atoms with Gasteiger partial charge < -0.3 is 30.8 Å². The third kappa shape index (κ3) is 5.65. The molecule has 0 bridgehead atoms. The van der Waals surface area contributed by atoms with Gasteiger partial charge in [-0.1, -0.05) is 0 Å². The van der Waals surface area contributed by atoms with Crippen LogP contribution >= 0.6 is 0 Å². The van der Waals surface area contributed by atoms with E-state index >= 15 is 0 Å². The molecule has 0 fully saturated rings. The van der Waals surface area contributed by atoms with Crippen molar-refractivity contribution >= 4 is 5.97 Å². The molecule has 6 N–H and O–H groups in total. The topological polar surface area (TPSA) is 130 Å². The highest BCUT2D eigenvalue weighted by Crippen LogP contribution is 2.03. The summed E-state index contributed by atoms with van der Waals surface area (Å²) < 4.78 is 0. The number of nitrogens with one attached hydrogen (secondary N) is 1. The normalized spacial score (nSPS) is 19.3. The van der Waals surface area contributed by atoms with Crippen molar-refractivity contribution in [1.29, 1.82) is 0 Å². The quantitative estimate of drug-likeness (QED) is 0.273. The number of carboxylic acid groups (broad SMARTS) is 1. The zero-order valence-electron chi connectivity index (χ0n) is 8.37. The van der Waals surface area contributed by atoms with Crippen LogP contribution in [0.15, 0.2) is 0 Å². The van der Waals surface area contributed by atoms with Crippen molar-refractivity contribution in [1.82, 2.24) is 5.32 Å². The molecule has 0 aromatic rings. The van der Waals surface area contributed by atoms with Gasteiger partial charge in [0.15, 0.2) is 0 Å². The molecule has 0 rings (SSSR count). The molecule has 0 saturated heterocycles. The lowest BCUT2D eigenvalue weighted by atomic mass is 10.0. The average molecular weight is 223 g/mol. The molecule has 0 amide bonds. The Hall–Kier alpha value is -0.730. The van der Waals surface area contributed by atoms with Crippen molar-refractivity contribution in [2.24, 2.45) is 0 Å². The summed E-state index contributed by atoms with van der Waals surface area (Å²) in [6.07, 6.45) is -5.50. The first-order chi connectivity index (χ1) is 6.86. The number of carbonyl (C=O) groups is 1. The van der Waals surface area contributed by atoms with Gasteiger partial charge in [-0.2, -0.15) is 0 Å². The number of carboxylic acids is 1. The fourth-order valence-electron chi connectivity index (χ4n) is 0.961. The molecule has 0 heterocycles. The van der Waals surface area contributed by atoms with Crippen LogP contribution in [0.25, 0.3) is 0 Å². The number of rotatable bonds is 7. The number of aliphatic hydroxyl groups is 4. The minimum atomic E-state index is -1.52. The van der Waals surface area contributed by atoms with Crippen LogP contribution in [0.1, 0.15) is 6.92 Å². The van der Waals surface area contributed by atoms with Crippen LogP contribution in [0.2, 0.25) is 0 Å². The van der Waals surface area contributed by atoms with Crippen molar-refractivity contribution in [3.8, 4) is 0 Å². The minimum Gasteiger partial charge on any atom is -0.480 e. The van der Waals surface area contributed by atoms with Gasteiger partial charge in [-0.05, 0) is 6.92 Å². The van der Waals surface area contributed by atoms with Crippen LogP contribution in [0.3, 0.4) is 0 Å². The van der Waals surface area contributed by atoms with E-state index in [1.54, 1.807) is 0 Å². The highest BCUT2D eigenvalue weighted by Gasteiger charge is 2.27. The van der Waals surface area contributed by atoms with Gasteiger partial charge in [0, 0.05) is 6.54 Å². The summed E-state index contributed by atoms with van der Waals surface area (Å²) in [6.45, 7) is 0.733. The molecule has 0 saturated carbocycles. The van der Waals surface area contributed by atoms with Gasteiger partial charge in [0.2, 0.25) is 0 Å². The molecule has 7 heteroatoms. The van der Waals surface area contributed by atoms with E-state index in [9.17, 15) is 15.0 Å². The van der Waals surface area contributed by atoms with Crippen molar-refractivity contribution in [3.63, 3.8) is 0 Å². The van der Waals surface area contributed by atoms with Gasteiger partial charge in [-0.25, -0.2) is 0 Å². The highest BCUT2D eigenvalue weighted by molar-refractivity contribution is 5.68. The molecule has 0 unspecified atom stereocenters. The Bertz CT molecular complexity index is 198. The molecule has 0 radical (unpaired) electrons. The maximum atomic E-state index is 10.1. The third-order valence-electron chi connectivity index (χ3n) is 1.87. The van der Waals surface area contributed by atoms with E-state index in [0.717, 1.165) is 0 Å². The van der Waals surface area contributed by atoms with Crippen LogP contribution in [-0.2, 0) is 4.79 Å². The van der Waals surface area contributed by atoms with Gasteiger partial charge >= 0.3 is 5.97 Å². The Morgan fingerprint density at radius 2 is 1.73 bits per heavy atom. The van der Waals surface area contributed by atoms with E-state index in [4.69, 9.17) is 15.3 Å². The van der Waals surface area contributed by atoms with Gasteiger partial charge in [0.1, 0.15) is 12.2 Å².